The van der Waals surface area contributed by atoms with Crippen LogP contribution in [0.1, 0.15) is 24.8 Å². The first-order valence-electron chi connectivity index (χ1n) is 7.65. The molecule has 0 radical (unpaired) electrons. The van der Waals surface area contributed by atoms with E-state index in [4.69, 9.17) is 9.47 Å². The molecule has 2 aliphatic heterocycles. The SMILES string of the molecule is COC(=O)[C@@]1(c2ccccc2)OC[C@]1(C#N)N1CCCCC1. The Kier molecular flexibility index (Phi) is 3.90. The maximum atomic E-state index is 12.6. The lowest BCUT2D eigenvalue weighted by atomic mass is 9.69. The third-order valence-electron chi connectivity index (χ3n) is 4.81. The zero-order valence-corrected chi connectivity index (χ0v) is 12.7. The third-order valence-corrected chi connectivity index (χ3v) is 4.81. The van der Waals surface area contributed by atoms with Crippen molar-refractivity contribution >= 4 is 5.97 Å². The molecule has 1 aromatic carbocycles. The Morgan fingerprint density at radius 3 is 2.45 bits per heavy atom. The molecule has 22 heavy (non-hydrogen) atoms. The number of methoxy groups -OCH3 is 1. The van der Waals surface area contributed by atoms with E-state index in [1.165, 1.54) is 7.11 Å². The Labute approximate surface area is 130 Å². The van der Waals surface area contributed by atoms with E-state index >= 15 is 0 Å². The van der Waals surface area contributed by atoms with Crippen LogP contribution in [0.5, 0.6) is 0 Å². The van der Waals surface area contributed by atoms with Gasteiger partial charge in [0.05, 0.1) is 19.8 Å². The van der Waals surface area contributed by atoms with Crippen molar-refractivity contribution in [2.75, 3.05) is 26.8 Å². The summed E-state index contributed by atoms with van der Waals surface area (Å²) in [6, 6.07) is 11.6. The molecule has 5 nitrogen and oxygen atoms in total. The third kappa shape index (κ3) is 1.88. The van der Waals surface area contributed by atoms with Crippen molar-refractivity contribution in [1.82, 2.24) is 4.90 Å². The van der Waals surface area contributed by atoms with E-state index < -0.39 is 17.1 Å². The van der Waals surface area contributed by atoms with Crippen molar-refractivity contribution in [1.29, 1.82) is 5.26 Å². The minimum absolute atomic E-state index is 0.230. The second-order valence-electron chi connectivity index (χ2n) is 5.85. The summed E-state index contributed by atoms with van der Waals surface area (Å²) in [5.41, 5.74) is -1.66. The molecular formula is C17H20N2O3. The highest BCUT2D eigenvalue weighted by atomic mass is 16.6. The molecule has 116 valence electrons. The van der Waals surface area contributed by atoms with Gasteiger partial charge in [0.25, 0.3) is 0 Å². The summed E-state index contributed by atoms with van der Waals surface area (Å²) >= 11 is 0. The van der Waals surface area contributed by atoms with E-state index in [9.17, 15) is 10.1 Å². The van der Waals surface area contributed by atoms with Crippen LogP contribution in [0.15, 0.2) is 30.3 Å². The molecule has 2 atom stereocenters. The summed E-state index contributed by atoms with van der Waals surface area (Å²) in [5, 5.41) is 9.95. The molecule has 2 saturated heterocycles. The van der Waals surface area contributed by atoms with Crippen molar-refractivity contribution in [2.45, 2.75) is 30.4 Å². The number of nitriles is 1. The summed E-state index contributed by atoms with van der Waals surface area (Å²) in [6.45, 7) is 1.85. The van der Waals surface area contributed by atoms with Crippen LogP contribution in [0.4, 0.5) is 0 Å². The molecular weight excluding hydrogens is 280 g/mol. The summed E-state index contributed by atoms with van der Waals surface area (Å²) in [6.07, 6.45) is 3.24. The first-order valence-corrected chi connectivity index (χ1v) is 7.65. The molecule has 2 heterocycles. The quantitative estimate of drug-likeness (QED) is 0.797. The van der Waals surface area contributed by atoms with E-state index in [2.05, 4.69) is 11.0 Å². The number of nitrogens with zero attached hydrogens (tertiary/aromatic N) is 2. The van der Waals surface area contributed by atoms with Gasteiger partial charge in [-0.15, -0.1) is 0 Å². The zero-order valence-electron chi connectivity index (χ0n) is 12.7. The molecule has 3 rings (SSSR count). The van der Waals surface area contributed by atoms with Crippen LogP contribution in [0.25, 0.3) is 0 Å². The number of hydrogen-bond acceptors (Lipinski definition) is 5. The van der Waals surface area contributed by atoms with Crippen LogP contribution in [-0.2, 0) is 19.9 Å². The van der Waals surface area contributed by atoms with Gasteiger partial charge in [-0.2, -0.15) is 5.26 Å². The largest absolute Gasteiger partial charge is 0.467 e. The summed E-state index contributed by atoms with van der Waals surface area (Å²) in [5.74, 6) is -0.503. The fourth-order valence-corrected chi connectivity index (χ4v) is 3.61. The second kappa shape index (κ2) is 5.71. The number of ether oxygens (including phenoxy) is 2. The normalized spacial score (nSPS) is 31.8. The number of piperidine rings is 1. The average molecular weight is 300 g/mol. The highest BCUT2D eigenvalue weighted by Crippen LogP contribution is 2.50. The molecule has 0 saturated carbocycles. The van der Waals surface area contributed by atoms with Crippen LogP contribution >= 0.6 is 0 Å². The molecule has 0 aromatic heterocycles. The number of esters is 1. The lowest BCUT2D eigenvalue weighted by molar-refractivity contribution is -0.262. The van der Waals surface area contributed by atoms with Gasteiger partial charge in [0.2, 0.25) is 5.60 Å². The lowest BCUT2D eigenvalue weighted by Gasteiger charge is -2.57. The van der Waals surface area contributed by atoms with Gasteiger partial charge in [0, 0.05) is 0 Å². The molecule has 2 aliphatic rings. The first-order chi connectivity index (χ1) is 10.7. The Morgan fingerprint density at radius 1 is 1.27 bits per heavy atom. The predicted octanol–water partition coefficient (Wildman–Crippen LogP) is 1.83. The van der Waals surface area contributed by atoms with E-state index in [-0.39, 0.29) is 6.61 Å². The number of carbonyl (C=O) groups is 1. The Morgan fingerprint density at radius 2 is 1.95 bits per heavy atom. The van der Waals surface area contributed by atoms with E-state index in [0.717, 1.165) is 32.4 Å². The number of carbonyl (C=O) groups excluding carboxylic acids is 1. The van der Waals surface area contributed by atoms with Crippen LogP contribution in [0.3, 0.4) is 0 Å². The smallest absolute Gasteiger partial charge is 0.346 e. The van der Waals surface area contributed by atoms with Crippen molar-refractivity contribution in [3.63, 3.8) is 0 Å². The van der Waals surface area contributed by atoms with Gasteiger partial charge in [0.1, 0.15) is 0 Å². The number of rotatable bonds is 3. The average Bonchev–Trinajstić information content (AvgIpc) is 2.57. The maximum Gasteiger partial charge on any atom is 0.346 e. The van der Waals surface area contributed by atoms with Gasteiger partial charge in [-0.1, -0.05) is 36.8 Å². The number of benzene rings is 1. The molecule has 0 spiro atoms. The topological polar surface area (TPSA) is 62.6 Å². The Bertz CT molecular complexity index is 592. The standard InChI is InChI=1S/C17H20N2O3/c1-21-15(20)17(14-8-4-2-5-9-14)16(12-18,13-22-17)19-10-6-3-7-11-19/h2,4-5,8-9H,3,6-7,10-11,13H2,1H3/t16-,17+/m0/s1. The number of likely N-dealkylation sites (tertiary alicyclic amines) is 1. The minimum Gasteiger partial charge on any atom is -0.467 e. The van der Waals surface area contributed by atoms with Gasteiger partial charge in [-0.25, -0.2) is 4.79 Å². The predicted molar refractivity (Wildman–Crippen MR) is 79.9 cm³/mol. The van der Waals surface area contributed by atoms with Crippen LogP contribution in [0, 0.1) is 11.3 Å². The second-order valence-corrected chi connectivity index (χ2v) is 5.85. The van der Waals surface area contributed by atoms with Crippen molar-refractivity contribution in [3.05, 3.63) is 35.9 Å². The van der Waals surface area contributed by atoms with Gasteiger partial charge in [0.15, 0.2) is 5.54 Å². The van der Waals surface area contributed by atoms with Crippen LogP contribution < -0.4 is 0 Å². The summed E-state index contributed by atoms with van der Waals surface area (Å²) < 4.78 is 10.8. The molecule has 0 amide bonds. The zero-order chi connectivity index (χ0) is 15.6. The maximum absolute atomic E-state index is 12.6. The van der Waals surface area contributed by atoms with E-state index in [1.54, 1.807) is 0 Å². The molecule has 0 bridgehead atoms. The van der Waals surface area contributed by atoms with Gasteiger partial charge >= 0.3 is 5.97 Å². The first kappa shape index (κ1) is 15.0. The van der Waals surface area contributed by atoms with Crippen molar-refractivity contribution in [3.8, 4) is 6.07 Å². The minimum atomic E-state index is -1.35. The highest BCUT2D eigenvalue weighted by Gasteiger charge is 2.71. The number of hydrogen-bond donors (Lipinski definition) is 0. The fraction of sp³-hybridized carbons (Fsp3) is 0.529. The summed E-state index contributed by atoms with van der Waals surface area (Å²) in [4.78, 5) is 14.7. The van der Waals surface area contributed by atoms with E-state index in [1.807, 2.05) is 30.3 Å². The Hall–Kier alpha value is -1.90. The van der Waals surface area contributed by atoms with Crippen molar-refractivity contribution < 1.29 is 14.3 Å². The lowest BCUT2D eigenvalue weighted by Crippen LogP contribution is -2.77. The van der Waals surface area contributed by atoms with Crippen molar-refractivity contribution in [2.24, 2.45) is 0 Å². The monoisotopic (exact) mass is 300 g/mol. The molecule has 0 unspecified atom stereocenters. The molecule has 0 aliphatic carbocycles. The summed E-state index contributed by atoms with van der Waals surface area (Å²) in [7, 11) is 1.34. The van der Waals surface area contributed by atoms with Crippen LogP contribution in [0.2, 0.25) is 0 Å². The molecule has 0 N–H and O–H groups in total. The van der Waals surface area contributed by atoms with Gasteiger partial charge in [-0.3, -0.25) is 4.90 Å². The highest BCUT2D eigenvalue weighted by molar-refractivity contribution is 5.86. The molecule has 1 aromatic rings. The fourth-order valence-electron chi connectivity index (χ4n) is 3.61. The van der Waals surface area contributed by atoms with Gasteiger partial charge < -0.3 is 9.47 Å². The Balaban J connectivity index is 2.09. The van der Waals surface area contributed by atoms with Crippen LogP contribution in [-0.4, -0.2) is 43.2 Å². The van der Waals surface area contributed by atoms with Gasteiger partial charge in [-0.05, 0) is 31.5 Å². The molecule has 5 heteroatoms. The molecule has 2 fully saturated rings. The van der Waals surface area contributed by atoms with E-state index in [0.29, 0.717) is 5.56 Å².